The average Bonchev–Trinajstić information content (AvgIpc) is 3.16. The SMILES string of the molecule is C(=Nc1ccc2c(c1)ncn2-c1ccccc1)c1cccc2ccccc12. The minimum atomic E-state index is 0.897. The maximum atomic E-state index is 4.68. The monoisotopic (exact) mass is 347 g/mol. The summed E-state index contributed by atoms with van der Waals surface area (Å²) in [5, 5.41) is 2.43. The van der Waals surface area contributed by atoms with E-state index in [0.717, 1.165) is 28.0 Å². The lowest BCUT2D eigenvalue weighted by Crippen LogP contribution is -1.90. The topological polar surface area (TPSA) is 30.2 Å². The van der Waals surface area contributed by atoms with Crippen molar-refractivity contribution in [3.8, 4) is 5.69 Å². The summed E-state index contributed by atoms with van der Waals surface area (Å²) < 4.78 is 2.09. The molecule has 5 rings (SSSR count). The summed E-state index contributed by atoms with van der Waals surface area (Å²) in [6.07, 6.45) is 3.79. The summed E-state index contributed by atoms with van der Waals surface area (Å²) in [5.41, 5.74) is 5.13. The first-order chi connectivity index (χ1) is 13.4. The van der Waals surface area contributed by atoms with E-state index in [1.807, 2.05) is 42.9 Å². The van der Waals surface area contributed by atoms with Crippen molar-refractivity contribution < 1.29 is 0 Å². The molecule has 0 bridgehead atoms. The molecule has 0 radical (unpaired) electrons. The average molecular weight is 347 g/mol. The van der Waals surface area contributed by atoms with Crippen LogP contribution in [0.1, 0.15) is 5.56 Å². The minimum absolute atomic E-state index is 0.897. The molecule has 0 fully saturated rings. The highest BCUT2D eigenvalue weighted by Crippen LogP contribution is 2.24. The van der Waals surface area contributed by atoms with Crippen LogP contribution in [0.2, 0.25) is 0 Å². The fourth-order valence-electron chi connectivity index (χ4n) is 3.38. The van der Waals surface area contributed by atoms with Crippen LogP contribution in [0.4, 0.5) is 5.69 Å². The molecule has 128 valence electrons. The second kappa shape index (κ2) is 6.54. The highest BCUT2D eigenvalue weighted by Gasteiger charge is 2.05. The Hall–Kier alpha value is -3.72. The van der Waals surface area contributed by atoms with Gasteiger partial charge >= 0.3 is 0 Å². The summed E-state index contributed by atoms with van der Waals surface area (Å²) in [7, 11) is 0. The zero-order valence-corrected chi connectivity index (χ0v) is 14.7. The number of hydrogen-bond donors (Lipinski definition) is 0. The third-order valence-corrected chi connectivity index (χ3v) is 4.74. The first kappa shape index (κ1) is 15.5. The summed E-state index contributed by atoms with van der Waals surface area (Å²) in [4.78, 5) is 9.23. The maximum absolute atomic E-state index is 4.68. The van der Waals surface area contributed by atoms with Crippen molar-refractivity contribution in [2.75, 3.05) is 0 Å². The van der Waals surface area contributed by atoms with Crippen molar-refractivity contribution in [3.05, 3.63) is 103 Å². The standard InChI is InChI=1S/C24H17N3/c1-2-10-21(11-3-1)27-17-26-23-15-20(13-14-24(23)27)25-16-19-9-6-8-18-7-4-5-12-22(18)19/h1-17H. The van der Waals surface area contributed by atoms with Crippen LogP contribution in [-0.4, -0.2) is 15.8 Å². The lowest BCUT2D eigenvalue weighted by Gasteiger charge is -2.04. The van der Waals surface area contributed by atoms with E-state index in [1.165, 1.54) is 10.8 Å². The van der Waals surface area contributed by atoms with Crippen molar-refractivity contribution in [2.24, 2.45) is 4.99 Å². The van der Waals surface area contributed by atoms with Crippen LogP contribution >= 0.6 is 0 Å². The largest absolute Gasteiger partial charge is 0.299 e. The van der Waals surface area contributed by atoms with Gasteiger partial charge in [-0.3, -0.25) is 9.56 Å². The van der Waals surface area contributed by atoms with Gasteiger partial charge in [-0.15, -0.1) is 0 Å². The lowest BCUT2D eigenvalue weighted by atomic mass is 10.1. The highest BCUT2D eigenvalue weighted by atomic mass is 15.0. The molecule has 0 saturated heterocycles. The van der Waals surface area contributed by atoms with E-state index in [2.05, 4.69) is 75.2 Å². The van der Waals surface area contributed by atoms with Gasteiger partial charge in [0.2, 0.25) is 0 Å². The fraction of sp³-hybridized carbons (Fsp3) is 0. The molecule has 0 aliphatic heterocycles. The van der Waals surface area contributed by atoms with Gasteiger partial charge in [0.1, 0.15) is 6.33 Å². The molecule has 0 amide bonds. The zero-order chi connectivity index (χ0) is 18.1. The van der Waals surface area contributed by atoms with Crippen molar-refractivity contribution in [3.63, 3.8) is 0 Å². The Labute approximate surface area is 157 Å². The first-order valence-corrected chi connectivity index (χ1v) is 8.93. The molecule has 0 spiro atoms. The number of nitrogens with zero attached hydrogens (tertiary/aromatic N) is 3. The smallest absolute Gasteiger partial charge is 0.100 e. The zero-order valence-electron chi connectivity index (χ0n) is 14.7. The third kappa shape index (κ3) is 2.89. The van der Waals surface area contributed by atoms with Crippen LogP contribution in [0.25, 0.3) is 27.5 Å². The van der Waals surface area contributed by atoms with Gasteiger partial charge in [-0.1, -0.05) is 60.7 Å². The van der Waals surface area contributed by atoms with Gasteiger partial charge in [-0.2, -0.15) is 0 Å². The van der Waals surface area contributed by atoms with Gasteiger partial charge in [0.25, 0.3) is 0 Å². The molecular weight excluding hydrogens is 330 g/mol. The number of fused-ring (bicyclic) bond motifs is 2. The molecule has 0 unspecified atom stereocenters. The summed E-state index contributed by atoms with van der Waals surface area (Å²) in [6, 6.07) is 31.0. The van der Waals surface area contributed by atoms with E-state index in [9.17, 15) is 0 Å². The van der Waals surface area contributed by atoms with E-state index in [4.69, 9.17) is 0 Å². The Balaban J connectivity index is 1.52. The molecular formula is C24H17N3. The van der Waals surface area contributed by atoms with Crippen LogP contribution in [0.15, 0.2) is 102 Å². The molecule has 1 heterocycles. The second-order valence-corrected chi connectivity index (χ2v) is 6.45. The molecule has 27 heavy (non-hydrogen) atoms. The number of aromatic nitrogens is 2. The van der Waals surface area contributed by atoms with Crippen LogP contribution in [0.5, 0.6) is 0 Å². The summed E-state index contributed by atoms with van der Waals surface area (Å²) >= 11 is 0. The van der Waals surface area contributed by atoms with Crippen LogP contribution in [0, 0.1) is 0 Å². The number of imidazole rings is 1. The molecule has 5 aromatic rings. The van der Waals surface area contributed by atoms with Crippen LogP contribution < -0.4 is 0 Å². The summed E-state index contributed by atoms with van der Waals surface area (Å²) in [6.45, 7) is 0. The van der Waals surface area contributed by atoms with Gasteiger partial charge in [0, 0.05) is 17.5 Å². The molecule has 0 atom stereocenters. The Morgan fingerprint density at radius 2 is 1.59 bits per heavy atom. The minimum Gasteiger partial charge on any atom is -0.299 e. The molecule has 1 aromatic heterocycles. The number of hydrogen-bond acceptors (Lipinski definition) is 2. The Morgan fingerprint density at radius 3 is 2.52 bits per heavy atom. The van der Waals surface area contributed by atoms with E-state index in [1.54, 1.807) is 0 Å². The van der Waals surface area contributed by atoms with Crippen molar-refractivity contribution in [1.29, 1.82) is 0 Å². The Bertz CT molecular complexity index is 1260. The molecule has 0 N–H and O–H groups in total. The molecule has 3 heteroatoms. The van der Waals surface area contributed by atoms with Crippen LogP contribution in [0.3, 0.4) is 0 Å². The van der Waals surface area contributed by atoms with E-state index < -0.39 is 0 Å². The third-order valence-electron chi connectivity index (χ3n) is 4.74. The Kier molecular flexibility index (Phi) is 3.76. The van der Waals surface area contributed by atoms with E-state index >= 15 is 0 Å². The van der Waals surface area contributed by atoms with Gasteiger partial charge < -0.3 is 0 Å². The lowest BCUT2D eigenvalue weighted by molar-refractivity contribution is 1.09. The molecule has 4 aromatic carbocycles. The number of para-hydroxylation sites is 1. The number of benzene rings is 4. The van der Waals surface area contributed by atoms with Gasteiger partial charge in [0.15, 0.2) is 0 Å². The van der Waals surface area contributed by atoms with Gasteiger partial charge in [-0.05, 0) is 41.1 Å². The van der Waals surface area contributed by atoms with Crippen LogP contribution in [-0.2, 0) is 0 Å². The highest BCUT2D eigenvalue weighted by molar-refractivity contribution is 6.00. The molecule has 0 saturated carbocycles. The molecule has 3 nitrogen and oxygen atoms in total. The predicted octanol–water partition coefficient (Wildman–Crippen LogP) is 5.93. The normalized spacial score (nSPS) is 11.6. The summed E-state index contributed by atoms with van der Waals surface area (Å²) in [5.74, 6) is 0. The van der Waals surface area contributed by atoms with Gasteiger partial charge in [-0.25, -0.2) is 4.98 Å². The number of aliphatic imine (C=N–C) groups is 1. The fourth-order valence-corrected chi connectivity index (χ4v) is 3.38. The van der Waals surface area contributed by atoms with Crippen molar-refractivity contribution in [1.82, 2.24) is 9.55 Å². The van der Waals surface area contributed by atoms with Crippen molar-refractivity contribution >= 4 is 33.7 Å². The van der Waals surface area contributed by atoms with Crippen molar-refractivity contribution in [2.45, 2.75) is 0 Å². The quantitative estimate of drug-likeness (QED) is 0.372. The van der Waals surface area contributed by atoms with E-state index in [-0.39, 0.29) is 0 Å². The van der Waals surface area contributed by atoms with Gasteiger partial charge in [0.05, 0.1) is 16.7 Å². The Morgan fingerprint density at radius 1 is 0.778 bits per heavy atom. The molecule has 0 aliphatic rings. The number of rotatable bonds is 3. The maximum Gasteiger partial charge on any atom is 0.100 e. The predicted molar refractivity (Wildman–Crippen MR) is 112 cm³/mol. The second-order valence-electron chi connectivity index (χ2n) is 6.45. The molecule has 0 aliphatic carbocycles. The first-order valence-electron chi connectivity index (χ1n) is 8.93. The van der Waals surface area contributed by atoms with E-state index in [0.29, 0.717) is 0 Å².